The smallest absolute Gasteiger partial charge is 0.233 e. The van der Waals surface area contributed by atoms with Crippen molar-refractivity contribution in [3.8, 4) is 17.3 Å². The number of anilines is 1. The van der Waals surface area contributed by atoms with Crippen LogP contribution in [0.15, 0.2) is 70.4 Å². The minimum atomic E-state index is 0.0930. The predicted octanol–water partition coefficient (Wildman–Crippen LogP) is 5.24. The van der Waals surface area contributed by atoms with Crippen LogP contribution in [0.4, 0.5) is 5.69 Å². The molecule has 5 rings (SSSR count). The lowest BCUT2D eigenvalue weighted by molar-refractivity contribution is -0.128. The van der Waals surface area contributed by atoms with E-state index in [0.29, 0.717) is 35.6 Å². The van der Waals surface area contributed by atoms with Crippen LogP contribution in [0, 0.1) is 13.8 Å². The number of benzene rings is 2. The molecule has 3 heterocycles. The SMILES string of the molecule is Cc1ccc(-n2c(SCC(=O)N3CCN(c4cc(Cl)ccc4C)CC3)nnc2-c2ccco2)cc1. The van der Waals surface area contributed by atoms with E-state index in [0.717, 1.165) is 35.1 Å². The van der Waals surface area contributed by atoms with Gasteiger partial charge in [-0.1, -0.05) is 47.1 Å². The molecule has 0 N–H and O–H groups in total. The zero-order valence-corrected chi connectivity index (χ0v) is 21.2. The van der Waals surface area contributed by atoms with Crippen molar-refractivity contribution in [2.24, 2.45) is 0 Å². The van der Waals surface area contributed by atoms with Crippen LogP contribution in [0.2, 0.25) is 5.02 Å². The predicted molar refractivity (Wildman–Crippen MR) is 140 cm³/mol. The lowest BCUT2D eigenvalue weighted by Crippen LogP contribution is -2.49. The van der Waals surface area contributed by atoms with Gasteiger partial charge in [0.05, 0.1) is 12.0 Å². The van der Waals surface area contributed by atoms with Crippen molar-refractivity contribution in [2.75, 3.05) is 36.8 Å². The second-order valence-corrected chi connectivity index (χ2v) is 9.92. The Kier molecular flexibility index (Phi) is 6.83. The van der Waals surface area contributed by atoms with Crippen molar-refractivity contribution in [1.29, 1.82) is 0 Å². The van der Waals surface area contributed by atoms with E-state index in [9.17, 15) is 4.79 Å². The second kappa shape index (κ2) is 10.2. The molecule has 1 fully saturated rings. The largest absolute Gasteiger partial charge is 0.461 e. The Morgan fingerprint density at radius 2 is 1.80 bits per heavy atom. The molecular formula is C26H26ClN5O2S. The fourth-order valence-corrected chi connectivity index (χ4v) is 5.21. The average Bonchev–Trinajstić information content (AvgIpc) is 3.55. The lowest BCUT2D eigenvalue weighted by Gasteiger charge is -2.36. The summed E-state index contributed by atoms with van der Waals surface area (Å²) in [5, 5.41) is 10.1. The van der Waals surface area contributed by atoms with Crippen molar-refractivity contribution in [3.63, 3.8) is 0 Å². The fraction of sp³-hybridized carbons (Fsp3) is 0.269. The van der Waals surface area contributed by atoms with Gasteiger partial charge in [0.2, 0.25) is 11.7 Å². The standard InChI is InChI=1S/C26H26ClN5O2S/c1-18-5-9-21(10-6-18)32-25(23-4-3-15-34-23)28-29-26(32)35-17-24(33)31-13-11-30(12-14-31)22-16-20(27)8-7-19(22)2/h3-10,15-16H,11-14,17H2,1-2H3. The molecule has 1 aliphatic rings. The zero-order chi connectivity index (χ0) is 24.4. The molecule has 7 nitrogen and oxygen atoms in total. The van der Waals surface area contributed by atoms with Crippen molar-refractivity contribution in [2.45, 2.75) is 19.0 Å². The molecule has 0 unspecified atom stereocenters. The third-order valence-electron chi connectivity index (χ3n) is 6.14. The van der Waals surface area contributed by atoms with Crippen molar-refractivity contribution in [1.82, 2.24) is 19.7 Å². The summed E-state index contributed by atoms with van der Waals surface area (Å²) in [6.07, 6.45) is 1.62. The van der Waals surface area contributed by atoms with Crippen LogP contribution in [0.25, 0.3) is 17.3 Å². The molecule has 35 heavy (non-hydrogen) atoms. The average molecular weight is 508 g/mol. The molecule has 2 aromatic heterocycles. The molecule has 0 bridgehead atoms. The molecule has 0 spiro atoms. The maximum Gasteiger partial charge on any atom is 0.233 e. The maximum absolute atomic E-state index is 13.1. The Morgan fingerprint density at radius 1 is 1.03 bits per heavy atom. The van der Waals surface area contributed by atoms with Gasteiger partial charge in [-0.25, -0.2) is 0 Å². The van der Waals surface area contributed by atoms with Gasteiger partial charge in [-0.2, -0.15) is 0 Å². The van der Waals surface area contributed by atoms with Crippen LogP contribution in [-0.4, -0.2) is 57.5 Å². The summed E-state index contributed by atoms with van der Waals surface area (Å²) >= 11 is 7.59. The fourth-order valence-electron chi connectivity index (χ4n) is 4.19. The number of rotatable bonds is 6. The molecule has 9 heteroatoms. The van der Waals surface area contributed by atoms with Gasteiger partial charge in [0.15, 0.2) is 10.9 Å². The molecule has 1 aliphatic heterocycles. The molecule has 2 aromatic carbocycles. The highest BCUT2D eigenvalue weighted by molar-refractivity contribution is 7.99. The highest BCUT2D eigenvalue weighted by Crippen LogP contribution is 2.29. The van der Waals surface area contributed by atoms with E-state index in [1.165, 1.54) is 17.3 Å². The number of hydrogen-bond donors (Lipinski definition) is 0. The zero-order valence-electron chi connectivity index (χ0n) is 19.6. The Balaban J connectivity index is 1.27. The number of amides is 1. The van der Waals surface area contributed by atoms with Crippen LogP contribution < -0.4 is 4.90 Å². The third-order valence-corrected chi connectivity index (χ3v) is 7.28. The van der Waals surface area contributed by atoms with Gasteiger partial charge in [0.25, 0.3) is 0 Å². The van der Waals surface area contributed by atoms with Gasteiger partial charge < -0.3 is 14.2 Å². The molecule has 1 amide bonds. The van der Waals surface area contributed by atoms with Crippen molar-refractivity contribution < 1.29 is 9.21 Å². The Hall–Kier alpha value is -3.23. The third kappa shape index (κ3) is 5.09. The first-order chi connectivity index (χ1) is 17.0. The number of furan rings is 1. The Morgan fingerprint density at radius 3 is 2.51 bits per heavy atom. The number of aromatic nitrogens is 3. The van der Waals surface area contributed by atoms with Crippen LogP contribution in [0.3, 0.4) is 0 Å². The quantitative estimate of drug-likeness (QED) is 0.332. The molecule has 0 atom stereocenters. The summed E-state index contributed by atoms with van der Waals surface area (Å²) in [6, 6.07) is 17.8. The first kappa shape index (κ1) is 23.5. The van der Waals surface area contributed by atoms with Crippen LogP contribution >= 0.6 is 23.4 Å². The highest BCUT2D eigenvalue weighted by Gasteiger charge is 2.24. The topological polar surface area (TPSA) is 67.4 Å². The number of nitrogens with zero attached hydrogens (tertiary/aromatic N) is 5. The summed E-state index contributed by atoms with van der Waals surface area (Å²) in [5.41, 5.74) is 4.41. The van der Waals surface area contributed by atoms with Gasteiger partial charge in [-0.15, -0.1) is 10.2 Å². The summed E-state index contributed by atoms with van der Waals surface area (Å²) in [5.74, 6) is 1.62. The monoisotopic (exact) mass is 507 g/mol. The molecule has 0 saturated carbocycles. The number of carbonyl (C=O) groups is 1. The van der Waals surface area contributed by atoms with Gasteiger partial charge >= 0.3 is 0 Å². The van der Waals surface area contributed by atoms with Gasteiger partial charge in [0, 0.05) is 42.6 Å². The van der Waals surface area contributed by atoms with E-state index in [-0.39, 0.29) is 5.91 Å². The van der Waals surface area contributed by atoms with Gasteiger partial charge in [0.1, 0.15) is 0 Å². The molecule has 0 aliphatic carbocycles. The van der Waals surface area contributed by atoms with E-state index in [4.69, 9.17) is 16.0 Å². The van der Waals surface area contributed by atoms with Crippen molar-refractivity contribution >= 4 is 35.0 Å². The van der Waals surface area contributed by atoms with E-state index < -0.39 is 0 Å². The lowest BCUT2D eigenvalue weighted by atomic mass is 10.1. The highest BCUT2D eigenvalue weighted by atomic mass is 35.5. The number of carbonyl (C=O) groups excluding carboxylic acids is 1. The van der Waals surface area contributed by atoms with Gasteiger partial charge in [-0.05, 0) is 55.8 Å². The number of piperazine rings is 1. The Labute approximate surface area is 213 Å². The Bertz CT molecular complexity index is 1310. The first-order valence-corrected chi connectivity index (χ1v) is 12.8. The molecule has 0 radical (unpaired) electrons. The molecule has 1 saturated heterocycles. The van der Waals surface area contributed by atoms with E-state index in [2.05, 4.69) is 22.0 Å². The minimum absolute atomic E-state index is 0.0930. The van der Waals surface area contributed by atoms with Crippen molar-refractivity contribution in [3.05, 3.63) is 77.0 Å². The number of halogens is 1. The second-order valence-electron chi connectivity index (χ2n) is 8.54. The summed E-state index contributed by atoms with van der Waals surface area (Å²) in [6.45, 7) is 7.03. The molecule has 180 valence electrons. The number of aryl methyl sites for hydroxylation is 2. The first-order valence-electron chi connectivity index (χ1n) is 11.5. The molecule has 4 aromatic rings. The van der Waals surface area contributed by atoms with Crippen LogP contribution in [0.1, 0.15) is 11.1 Å². The number of thioether (sulfide) groups is 1. The maximum atomic E-state index is 13.1. The van der Waals surface area contributed by atoms with Gasteiger partial charge in [-0.3, -0.25) is 9.36 Å². The normalized spacial score (nSPS) is 13.9. The van der Waals surface area contributed by atoms with Crippen LogP contribution in [0.5, 0.6) is 0 Å². The number of hydrogen-bond acceptors (Lipinski definition) is 6. The minimum Gasteiger partial charge on any atom is -0.461 e. The summed E-state index contributed by atoms with van der Waals surface area (Å²) in [4.78, 5) is 17.3. The van der Waals surface area contributed by atoms with E-state index >= 15 is 0 Å². The summed E-state index contributed by atoms with van der Waals surface area (Å²) in [7, 11) is 0. The summed E-state index contributed by atoms with van der Waals surface area (Å²) < 4.78 is 7.52. The molecular weight excluding hydrogens is 482 g/mol. The van der Waals surface area contributed by atoms with Crippen LogP contribution in [-0.2, 0) is 4.79 Å². The van der Waals surface area contributed by atoms with E-state index in [1.807, 2.05) is 71.0 Å². The van der Waals surface area contributed by atoms with E-state index in [1.54, 1.807) is 6.26 Å².